The number of carboxylic acid groups (broad SMARTS) is 1. The third-order valence-corrected chi connectivity index (χ3v) is 7.50. The van der Waals surface area contributed by atoms with E-state index < -0.39 is 24.1 Å². The number of likely N-dealkylation sites (tertiary alicyclic amines) is 1. The number of aryl methyl sites for hydroxylation is 1. The quantitative estimate of drug-likeness (QED) is 0.330. The van der Waals surface area contributed by atoms with Gasteiger partial charge in [0, 0.05) is 19.0 Å². The van der Waals surface area contributed by atoms with Gasteiger partial charge in [0.05, 0.1) is 6.04 Å². The van der Waals surface area contributed by atoms with E-state index in [9.17, 15) is 24.3 Å². The van der Waals surface area contributed by atoms with Gasteiger partial charge in [-0.25, -0.2) is 4.79 Å². The highest BCUT2D eigenvalue weighted by atomic mass is 16.4. The van der Waals surface area contributed by atoms with Gasteiger partial charge in [0.1, 0.15) is 12.1 Å². The van der Waals surface area contributed by atoms with E-state index in [1.54, 1.807) is 0 Å². The number of aliphatic carboxylic acids is 1. The number of benzene rings is 2. The van der Waals surface area contributed by atoms with Gasteiger partial charge >= 0.3 is 5.97 Å². The highest BCUT2D eigenvalue weighted by Gasteiger charge is 2.37. The number of hydrogen-bond acceptors (Lipinski definition) is 5. The second kappa shape index (κ2) is 13.9. The lowest BCUT2D eigenvalue weighted by Crippen LogP contribution is -2.53. The zero-order valence-electron chi connectivity index (χ0n) is 22.2. The smallest absolute Gasteiger partial charge is 0.326 e. The van der Waals surface area contributed by atoms with Crippen LogP contribution in [0.15, 0.2) is 60.7 Å². The van der Waals surface area contributed by atoms with E-state index in [0.717, 1.165) is 30.5 Å². The second-order valence-corrected chi connectivity index (χ2v) is 10.4. The van der Waals surface area contributed by atoms with E-state index in [0.29, 0.717) is 38.6 Å². The molecule has 2 aliphatic rings. The fourth-order valence-corrected chi connectivity index (χ4v) is 5.46. The zero-order valence-corrected chi connectivity index (χ0v) is 22.2. The molecule has 2 fully saturated rings. The fraction of sp³-hybridized carbons (Fsp3) is 0.467. The molecule has 0 radical (unpaired) electrons. The highest BCUT2D eigenvalue weighted by Crippen LogP contribution is 2.20. The molecule has 2 saturated heterocycles. The third kappa shape index (κ3) is 8.13. The van der Waals surface area contributed by atoms with Crippen molar-refractivity contribution in [2.24, 2.45) is 0 Å². The van der Waals surface area contributed by atoms with Crippen LogP contribution in [0.3, 0.4) is 0 Å². The van der Waals surface area contributed by atoms with Crippen LogP contribution in [0.25, 0.3) is 0 Å². The van der Waals surface area contributed by atoms with Crippen LogP contribution in [0, 0.1) is 0 Å². The van der Waals surface area contributed by atoms with E-state index in [1.807, 2.05) is 60.7 Å². The molecule has 0 saturated carbocycles. The van der Waals surface area contributed by atoms with Crippen molar-refractivity contribution >= 4 is 23.7 Å². The van der Waals surface area contributed by atoms with Crippen LogP contribution < -0.4 is 16.0 Å². The van der Waals surface area contributed by atoms with Crippen molar-refractivity contribution in [3.8, 4) is 0 Å². The monoisotopic (exact) mass is 534 g/mol. The second-order valence-electron chi connectivity index (χ2n) is 10.4. The van der Waals surface area contributed by atoms with Gasteiger partial charge in [-0.15, -0.1) is 0 Å². The summed E-state index contributed by atoms with van der Waals surface area (Å²) < 4.78 is 0. The van der Waals surface area contributed by atoms with Crippen LogP contribution in [-0.2, 0) is 32.0 Å². The topological polar surface area (TPSA) is 128 Å². The van der Waals surface area contributed by atoms with Crippen molar-refractivity contribution < 1.29 is 24.3 Å². The molecule has 4 atom stereocenters. The van der Waals surface area contributed by atoms with E-state index in [2.05, 4.69) is 16.0 Å². The fourth-order valence-electron chi connectivity index (χ4n) is 5.46. The Morgan fingerprint density at radius 2 is 1.62 bits per heavy atom. The van der Waals surface area contributed by atoms with Crippen molar-refractivity contribution in [3.05, 3.63) is 71.8 Å². The summed E-state index contributed by atoms with van der Waals surface area (Å²) in [6.45, 7) is 1.15. The Bertz CT molecular complexity index is 1120. The molecular formula is C30H38N4O5. The normalized spacial score (nSPS) is 20.3. The van der Waals surface area contributed by atoms with Crippen molar-refractivity contribution in [3.63, 3.8) is 0 Å². The maximum Gasteiger partial charge on any atom is 0.326 e. The summed E-state index contributed by atoms with van der Waals surface area (Å²) in [4.78, 5) is 52.8. The molecule has 0 bridgehead atoms. The Kier molecular flexibility index (Phi) is 10.1. The van der Waals surface area contributed by atoms with Crippen LogP contribution in [0.4, 0.5) is 0 Å². The molecule has 0 spiro atoms. The van der Waals surface area contributed by atoms with Gasteiger partial charge in [-0.2, -0.15) is 0 Å². The van der Waals surface area contributed by atoms with Crippen LogP contribution >= 0.6 is 0 Å². The molecule has 39 heavy (non-hydrogen) atoms. The average molecular weight is 535 g/mol. The molecular weight excluding hydrogens is 496 g/mol. The van der Waals surface area contributed by atoms with E-state index in [1.165, 1.54) is 4.90 Å². The van der Waals surface area contributed by atoms with E-state index in [-0.39, 0.29) is 30.2 Å². The van der Waals surface area contributed by atoms with Crippen molar-refractivity contribution in [2.45, 2.75) is 75.5 Å². The molecule has 9 nitrogen and oxygen atoms in total. The molecule has 2 aromatic carbocycles. The van der Waals surface area contributed by atoms with Crippen molar-refractivity contribution in [2.75, 3.05) is 13.1 Å². The number of nitrogens with zero attached hydrogens (tertiary/aromatic N) is 1. The molecule has 0 aliphatic carbocycles. The summed E-state index contributed by atoms with van der Waals surface area (Å²) in [5.41, 5.74) is 2.02. The molecule has 9 heteroatoms. The summed E-state index contributed by atoms with van der Waals surface area (Å²) >= 11 is 0. The highest BCUT2D eigenvalue weighted by molar-refractivity contribution is 5.91. The number of amides is 3. The number of hydrogen-bond donors (Lipinski definition) is 4. The predicted octanol–water partition coefficient (Wildman–Crippen LogP) is 2.05. The Balaban J connectivity index is 1.46. The molecule has 4 rings (SSSR count). The first-order valence-corrected chi connectivity index (χ1v) is 13.8. The van der Waals surface area contributed by atoms with Crippen molar-refractivity contribution in [1.29, 1.82) is 0 Å². The number of carbonyl (C=O) groups is 4. The minimum Gasteiger partial charge on any atom is -0.480 e. The van der Waals surface area contributed by atoms with E-state index >= 15 is 0 Å². The number of rotatable bonds is 12. The maximum atomic E-state index is 13.5. The third-order valence-electron chi connectivity index (χ3n) is 7.50. The molecule has 2 aliphatic heterocycles. The summed E-state index contributed by atoms with van der Waals surface area (Å²) in [7, 11) is 0. The maximum absolute atomic E-state index is 13.5. The van der Waals surface area contributed by atoms with Gasteiger partial charge in [0.2, 0.25) is 17.7 Å². The van der Waals surface area contributed by atoms with Crippen LogP contribution in [0.1, 0.15) is 49.7 Å². The zero-order chi connectivity index (χ0) is 27.6. The first-order valence-electron chi connectivity index (χ1n) is 13.8. The molecule has 2 heterocycles. The van der Waals surface area contributed by atoms with Crippen molar-refractivity contribution in [1.82, 2.24) is 20.9 Å². The lowest BCUT2D eigenvalue weighted by molar-refractivity contribution is -0.149. The lowest BCUT2D eigenvalue weighted by atomic mass is 10.0. The predicted molar refractivity (Wildman–Crippen MR) is 147 cm³/mol. The molecule has 208 valence electrons. The first-order chi connectivity index (χ1) is 18.9. The average Bonchev–Trinajstić information content (AvgIpc) is 3.65. The number of carboxylic acids is 1. The minimum atomic E-state index is -1.03. The summed E-state index contributed by atoms with van der Waals surface area (Å²) in [6, 6.07) is 16.9. The SMILES string of the molecule is O=C(C[C@H](Cc1ccccc1)NC(=O)[C@@H]1CCCN1)NC(CCc1ccccc1)C(=O)N1CCC[C@H]1C(=O)O. The molecule has 3 amide bonds. The Labute approximate surface area is 229 Å². The van der Waals surface area contributed by atoms with Gasteiger partial charge in [-0.05, 0) is 62.6 Å². The molecule has 0 aromatic heterocycles. The van der Waals surface area contributed by atoms with Gasteiger partial charge in [-0.1, -0.05) is 60.7 Å². The van der Waals surface area contributed by atoms with Gasteiger partial charge in [0.25, 0.3) is 0 Å². The molecule has 1 unspecified atom stereocenters. The number of carbonyl (C=O) groups excluding carboxylic acids is 3. The van der Waals surface area contributed by atoms with Gasteiger partial charge in [0.15, 0.2) is 0 Å². The molecule has 4 N–H and O–H groups in total. The minimum absolute atomic E-state index is 0.00479. The standard InChI is InChI=1S/C30H38N4O5/c35-27(20-23(19-22-11-5-2-6-12-22)32-28(36)24-13-7-17-31-24)33-25(16-15-21-9-3-1-4-10-21)29(37)34-18-8-14-26(34)30(38)39/h1-6,9-12,23-26,31H,7-8,13-20H2,(H,32,36)(H,33,35)(H,38,39)/t23-,24-,25?,26-/m0/s1. The van der Waals surface area contributed by atoms with Crippen LogP contribution in [0.5, 0.6) is 0 Å². The Morgan fingerprint density at radius 1 is 0.923 bits per heavy atom. The van der Waals surface area contributed by atoms with Gasteiger partial charge < -0.3 is 26.0 Å². The Morgan fingerprint density at radius 3 is 2.26 bits per heavy atom. The summed E-state index contributed by atoms with van der Waals surface area (Å²) in [5, 5.41) is 18.7. The van der Waals surface area contributed by atoms with E-state index in [4.69, 9.17) is 0 Å². The molecule has 2 aromatic rings. The number of nitrogens with one attached hydrogen (secondary N) is 3. The summed E-state index contributed by atoms with van der Waals surface area (Å²) in [6.07, 6.45) is 4.09. The van der Waals surface area contributed by atoms with Crippen LogP contribution in [0.2, 0.25) is 0 Å². The summed E-state index contributed by atoms with van der Waals surface area (Å²) in [5.74, 6) is -1.88. The Hall–Kier alpha value is -3.72. The first kappa shape index (κ1) is 28.3. The van der Waals surface area contributed by atoms with Crippen LogP contribution in [-0.4, -0.2) is 71.0 Å². The van der Waals surface area contributed by atoms with Gasteiger partial charge in [-0.3, -0.25) is 14.4 Å². The largest absolute Gasteiger partial charge is 0.480 e. The lowest BCUT2D eigenvalue weighted by Gasteiger charge is -2.28.